The second-order valence-electron chi connectivity index (χ2n) is 8.18. The van der Waals surface area contributed by atoms with Gasteiger partial charge in [0.1, 0.15) is 9.52 Å². The van der Waals surface area contributed by atoms with Crippen LogP contribution in [0.3, 0.4) is 0 Å². The van der Waals surface area contributed by atoms with Crippen molar-refractivity contribution in [1.82, 2.24) is 0 Å². The van der Waals surface area contributed by atoms with E-state index in [1.165, 1.54) is 83.5 Å². The first kappa shape index (κ1) is 28.3. The smallest absolute Gasteiger partial charge is 0.333 e. The molecule has 170 valence electrons. The molecular formula is C24H44F2O2Si. The third-order valence-corrected chi connectivity index (χ3v) is 6.15. The number of rotatable bonds is 22. The third-order valence-electron chi connectivity index (χ3n) is 5.20. The van der Waals surface area contributed by atoms with Gasteiger partial charge < -0.3 is 4.74 Å². The second-order valence-corrected chi connectivity index (χ2v) is 9.53. The average Bonchev–Trinajstić information content (AvgIpc) is 2.68. The summed E-state index contributed by atoms with van der Waals surface area (Å²) in [5.74, 6) is -0.273. The van der Waals surface area contributed by atoms with Gasteiger partial charge >= 0.3 is 5.97 Å². The number of alkyl halides is 2. The van der Waals surface area contributed by atoms with Crippen molar-refractivity contribution in [2.24, 2.45) is 0 Å². The Morgan fingerprint density at radius 3 is 1.41 bits per heavy atom. The molecular weight excluding hydrogens is 386 g/mol. The fraction of sp³-hybridized carbons (Fsp3) is 0.875. The van der Waals surface area contributed by atoms with Crippen LogP contribution in [0, 0.1) is 0 Å². The van der Waals surface area contributed by atoms with E-state index in [9.17, 15) is 13.6 Å². The largest absolute Gasteiger partial charge is 0.462 e. The molecule has 0 aliphatic rings. The van der Waals surface area contributed by atoms with E-state index in [4.69, 9.17) is 4.74 Å². The van der Waals surface area contributed by atoms with Gasteiger partial charge in [-0.15, -0.1) is 0 Å². The number of carbonyl (C=O) groups excluding carboxylic acids is 1. The first-order valence-electron chi connectivity index (χ1n) is 11.9. The first-order valence-corrected chi connectivity index (χ1v) is 13.2. The molecule has 0 fully saturated rings. The number of unbranched alkanes of at least 4 members (excludes halogenated alkanes) is 16. The van der Waals surface area contributed by atoms with E-state index >= 15 is 0 Å². The van der Waals surface area contributed by atoms with Crippen molar-refractivity contribution in [1.29, 1.82) is 0 Å². The van der Waals surface area contributed by atoms with E-state index < -0.39 is 6.05 Å². The molecule has 0 amide bonds. The molecule has 0 atom stereocenters. The molecule has 0 bridgehead atoms. The number of hydrogen-bond donors (Lipinski definition) is 0. The maximum atomic E-state index is 12.0. The van der Waals surface area contributed by atoms with Gasteiger partial charge in [0.2, 0.25) is 6.05 Å². The van der Waals surface area contributed by atoms with Crippen LogP contribution in [0.1, 0.15) is 116 Å². The molecule has 0 N–H and O–H groups in total. The van der Waals surface area contributed by atoms with Gasteiger partial charge in [0, 0.05) is 5.57 Å². The summed E-state index contributed by atoms with van der Waals surface area (Å²) in [5.41, 5.74) is 0.474. The molecule has 0 aromatic carbocycles. The average molecular weight is 431 g/mol. The van der Waals surface area contributed by atoms with Crippen LogP contribution in [0.5, 0.6) is 0 Å². The zero-order valence-electron chi connectivity index (χ0n) is 18.8. The molecule has 5 heteroatoms. The highest BCUT2D eigenvalue weighted by Gasteiger charge is 2.03. The predicted molar refractivity (Wildman–Crippen MR) is 121 cm³/mol. The molecule has 29 heavy (non-hydrogen) atoms. The van der Waals surface area contributed by atoms with Gasteiger partial charge in [-0.25, -0.2) is 13.6 Å². The zero-order chi connectivity index (χ0) is 21.6. The van der Waals surface area contributed by atoms with Crippen LogP contribution < -0.4 is 0 Å². The van der Waals surface area contributed by atoms with Crippen molar-refractivity contribution in [2.75, 3.05) is 6.61 Å². The highest BCUT2D eigenvalue weighted by molar-refractivity contribution is 6.36. The van der Waals surface area contributed by atoms with Crippen molar-refractivity contribution in [3.8, 4) is 0 Å². The number of hydrogen-bond acceptors (Lipinski definition) is 2. The molecule has 0 aliphatic heterocycles. The molecule has 0 aromatic heterocycles. The Kier molecular flexibility index (Phi) is 21.4. The molecule has 0 heterocycles. The number of halogens is 2. The lowest BCUT2D eigenvalue weighted by atomic mass is 10.0. The quantitative estimate of drug-likeness (QED) is 0.0751. The van der Waals surface area contributed by atoms with Crippen LogP contribution in [0.2, 0.25) is 6.04 Å². The van der Waals surface area contributed by atoms with Crippen LogP contribution in [0.25, 0.3) is 0 Å². The summed E-state index contributed by atoms with van der Waals surface area (Å²) in [7, 11) is -0.153. The summed E-state index contributed by atoms with van der Waals surface area (Å²) in [6.07, 6.45) is 21.3. The molecule has 0 saturated carbocycles. The Labute approximate surface area is 181 Å². The fourth-order valence-electron chi connectivity index (χ4n) is 3.38. The molecule has 0 aliphatic carbocycles. The highest BCUT2D eigenvalue weighted by atomic mass is 28.2. The lowest BCUT2D eigenvalue weighted by Crippen LogP contribution is -2.05. The molecule has 0 unspecified atom stereocenters. The molecule has 2 radical (unpaired) electrons. The summed E-state index contributed by atoms with van der Waals surface area (Å²) in [6.45, 7) is 5.77. The predicted octanol–water partition coefficient (Wildman–Crippen LogP) is 8.08. The summed E-state index contributed by atoms with van der Waals surface area (Å²) < 4.78 is 29.1. The summed E-state index contributed by atoms with van der Waals surface area (Å²) in [5, 5.41) is 0. The molecule has 0 saturated heterocycles. The highest BCUT2D eigenvalue weighted by Crippen LogP contribution is 2.14. The number of esters is 1. The topological polar surface area (TPSA) is 26.3 Å². The van der Waals surface area contributed by atoms with Crippen LogP contribution in [0.4, 0.5) is 8.78 Å². The van der Waals surface area contributed by atoms with E-state index in [0.29, 0.717) is 18.2 Å². The van der Waals surface area contributed by atoms with Crippen LogP contribution in [-0.2, 0) is 9.53 Å². The number of ether oxygens (including phenoxy) is 1. The van der Waals surface area contributed by atoms with E-state index in [2.05, 4.69) is 6.58 Å². The molecule has 0 aromatic rings. The maximum Gasteiger partial charge on any atom is 0.333 e. The first-order chi connectivity index (χ1) is 14.0. The van der Waals surface area contributed by atoms with Gasteiger partial charge in [-0.2, -0.15) is 0 Å². The Morgan fingerprint density at radius 2 is 1.07 bits per heavy atom. The third kappa shape index (κ3) is 23.4. The minimum Gasteiger partial charge on any atom is -0.462 e. The van der Waals surface area contributed by atoms with E-state index in [1.54, 1.807) is 6.92 Å². The normalized spacial score (nSPS) is 11.2. The van der Waals surface area contributed by atoms with Gasteiger partial charge in [-0.05, 0) is 13.3 Å². The molecule has 0 rings (SSSR count). The Balaban J connectivity index is 3.07. The van der Waals surface area contributed by atoms with Crippen molar-refractivity contribution < 1.29 is 18.3 Å². The zero-order valence-corrected chi connectivity index (χ0v) is 19.8. The SMILES string of the molecule is C=C(C)C(=O)OCCCCCCCCCCCCCCCCCCC[Si]C(F)F. The molecule has 0 spiro atoms. The molecule has 2 nitrogen and oxygen atoms in total. The lowest BCUT2D eigenvalue weighted by Gasteiger charge is -2.05. The van der Waals surface area contributed by atoms with Gasteiger partial charge in [0.15, 0.2) is 0 Å². The summed E-state index contributed by atoms with van der Waals surface area (Å²) in [6, 6.07) is -1.38. The fourth-order valence-corrected chi connectivity index (χ4v) is 4.05. The van der Waals surface area contributed by atoms with Crippen LogP contribution in [0.15, 0.2) is 12.2 Å². The monoisotopic (exact) mass is 430 g/mol. The van der Waals surface area contributed by atoms with Gasteiger partial charge in [0.05, 0.1) is 6.61 Å². The van der Waals surface area contributed by atoms with Gasteiger partial charge in [-0.3, -0.25) is 0 Å². The Hall–Kier alpha value is -0.713. The lowest BCUT2D eigenvalue weighted by molar-refractivity contribution is -0.139. The Morgan fingerprint density at radius 1 is 0.724 bits per heavy atom. The van der Waals surface area contributed by atoms with E-state index in [1.807, 2.05) is 0 Å². The Bertz CT molecular complexity index is 389. The van der Waals surface area contributed by atoms with E-state index in [-0.39, 0.29) is 15.5 Å². The van der Waals surface area contributed by atoms with Gasteiger partial charge in [0.25, 0.3) is 0 Å². The van der Waals surface area contributed by atoms with Crippen LogP contribution >= 0.6 is 0 Å². The summed E-state index contributed by atoms with van der Waals surface area (Å²) >= 11 is 0. The van der Waals surface area contributed by atoms with Crippen molar-refractivity contribution >= 4 is 15.5 Å². The van der Waals surface area contributed by atoms with Crippen molar-refractivity contribution in [3.63, 3.8) is 0 Å². The maximum absolute atomic E-state index is 12.0. The second kappa shape index (κ2) is 22.0. The van der Waals surface area contributed by atoms with Crippen LogP contribution in [-0.4, -0.2) is 28.1 Å². The standard InChI is InChI=1S/C24H44F2O2Si/c1-22(2)23(27)28-20-18-16-14-12-10-8-6-4-3-5-7-9-11-13-15-17-19-21-29-24(25)26/h24H,1,3-21H2,2H3. The van der Waals surface area contributed by atoms with Crippen molar-refractivity contribution in [2.45, 2.75) is 128 Å². The van der Waals surface area contributed by atoms with E-state index in [0.717, 1.165) is 25.7 Å². The minimum absolute atomic E-state index is 0.153. The number of carbonyl (C=O) groups is 1. The van der Waals surface area contributed by atoms with Crippen molar-refractivity contribution in [3.05, 3.63) is 12.2 Å². The van der Waals surface area contributed by atoms with Gasteiger partial charge in [-0.1, -0.05) is 115 Å². The minimum atomic E-state index is -2.09. The summed E-state index contributed by atoms with van der Waals surface area (Å²) in [4.78, 5) is 11.2.